The maximum atomic E-state index is 5.45. The summed E-state index contributed by atoms with van der Waals surface area (Å²) in [5, 5.41) is 3.14. The van der Waals surface area contributed by atoms with E-state index in [0.29, 0.717) is 0 Å². The first-order chi connectivity index (χ1) is 5.58. The van der Waals surface area contributed by atoms with Crippen molar-refractivity contribution in [2.45, 2.75) is 19.4 Å². The van der Waals surface area contributed by atoms with E-state index in [-0.39, 0.29) is 5.60 Å². The predicted molar refractivity (Wildman–Crippen MR) is 52.5 cm³/mol. The molecule has 0 heterocycles. The minimum absolute atomic E-state index is 0.0699. The zero-order chi connectivity index (χ0) is 9.61. The zero-order valence-electron chi connectivity index (χ0n) is 8.98. The van der Waals surface area contributed by atoms with Crippen molar-refractivity contribution < 1.29 is 4.74 Å². The molecule has 1 N–H and O–H groups in total. The van der Waals surface area contributed by atoms with Gasteiger partial charge < -0.3 is 15.0 Å². The lowest BCUT2D eigenvalue weighted by molar-refractivity contribution is -0.0139. The van der Waals surface area contributed by atoms with Gasteiger partial charge in [0.25, 0.3) is 0 Å². The summed E-state index contributed by atoms with van der Waals surface area (Å²) in [6.07, 6.45) is 0. The standard InChI is InChI=1S/C9H22N2O/c1-6-11(4)8-9(2,12-5)7-10-3/h10H,6-8H2,1-5H3. The van der Waals surface area contributed by atoms with Crippen molar-refractivity contribution in [1.29, 1.82) is 0 Å². The van der Waals surface area contributed by atoms with Crippen LogP contribution >= 0.6 is 0 Å². The molecule has 0 bridgehead atoms. The van der Waals surface area contributed by atoms with Crippen LogP contribution in [0, 0.1) is 0 Å². The van der Waals surface area contributed by atoms with Crippen LogP contribution in [-0.4, -0.2) is 51.3 Å². The SMILES string of the molecule is CCN(C)CC(C)(CNC)OC. The number of ether oxygens (including phenoxy) is 1. The summed E-state index contributed by atoms with van der Waals surface area (Å²) in [6, 6.07) is 0. The van der Waals surface area contributed by atoms with Crippen LogP contribution in [0.1, 0.15) is 13.8 Å². The van der Waals surface area contributed by atoms with Gasteiger partial charge in [-0.1, -0.05) is 6.92 Å². The number of hydrogen-bond acceptors (Lipinski definition) is 3. The Labute approximate surface area is 76.1 Å². The third-order valence-electron chi connectivity index (χ3n) is 2.19. The van der Waals surface area contributed by atoms with Crippen LogP contribution in [0.4, 0.5) is 0 Å². The van der Waals surface area contributed by atoms with Crippen molar-refractivity contribution in [3.8, 4) is 0 Å². The number of likely N-dealkylation sites (N-methyl/N-ethyl adjacent to an activating group) is 2. The highest BCUT2D eigenvalue weighted by molar-refractivity contribution is 4.79. The van der Waals surface area contributed by atoms with E-state index in [0.717, 1.165) is 19.6 Å². The highest BCUT2D eigenvalue weighted by atomic mass is 16.5. The first-order valence-electron chi connectivity index (χ1n) is 4.46. The Morgan fingerprint density at radius 3 is 2.42 bits per heavy atom. The molecule has 0 spiro atoms. The molecule has 1 atom stereocenters. The lowest BCUT2D eigenvalue weighted by Gasteiger charge is -2.32. The summed E-state index contributed by atoms with van der Waals surface area (Å²) in [5.41, 5.74) is -0.0699. The van der Waals surface area contributed by atoms with Gasteiger partial charge in [-0.2, -0.15) is 0 Å². The van der Waals surface area contributed by atoms with Crippen molar-refractivity contribution in [2.24, 2.45) is 0 Å². The lowest BCUT2D eigenvalue weighted by atomic mass is 10.1. The van der Waals surface area contributed by atoms with Gasteiger partial charge in [0.2, 0.25) is 0 Å². The van der Waals surface area contributed by atoms with Crippen LogP contribution in [-0.2, 0) is 4.74 Å². The van der Waals surface area contributed by atoms with E-state index in [9.17, 15) is 0 Å². The summed E-state index contributed by atoms with van der Waals surface area (Å²) in [5.74, 6) is 0. The molecule has 3 heteroatoms. The Balaban J connectivity index is 3.94. The second kappa shape index (κ2) is 5.51. The minimum Gasteiger partial charge on any atom is -0.376 e. The molecular formula is C9H22N2O. The second-order valence-electron chi connectivity index (χ2n) is 3.51. The molecule has 0 aromatic rings. The Hall–Kier alpha value is -0.120. The van der Waals surface area contributed by atoms with Gasteiger partial charge >= 0.3 is 0 Å². The topological polar surface area (TPSA) is 24.5 Å². The van der Waals surface area contributed by atoms with E-state index in [1.54, 1.807) is 7.11 Å². The fourth-order valence-corrected chi connectivity index (χ4v) is 1.25. The molecule has 0 aliphatic carbocycles. The fraction of sp³-hybridized carbons (Fsp3) is 1.00. The van der Waals surface area contributed by atoms with Crippen LogP contribution in [0.15, 0.2) is 0 Å². The van der Waals surface area contributed by atoms with Crippen LogP contribution in [0.2, 0.25) is 0 Å². The first-order valence-corrected chi connectivity index (χ1v) is 4.46. The van der Waals surface area contributed by atoms with Crippen LogP contribution in [0.5, 0.6) is 0 Å². The molecular weight excluding hydrogens is 152 g/mol. The van der Waals surface area contributed by atoms with E-state index in [4.69, 9.17) is 4.74 Å². The average Bonchev–Trinajstić information content (AvgIpc) is 2.05. The summed E-state index contributed by atoms with van der Waals surface area (Å²) in [6.45, 7) is 7.17. The number of nitrogens with zero attached hydrogens (tertiary/aromatic N) is 1. The normalized spacial score (nSPS) is 16.5. The van der Waals surface area contributed by atoms with E-state index in [1.165, 1.54) is 0 Å². The molecule has 1 unspecified atom stereocenters. The molecule has 0 aromatic carbocycles. The quantitative estimate of drug-likeness (QED) is 0.637. The van der Waals surface area contributed by atoms with Crippen molar-refractivity contribution in [3.05, 3.63) is 0 Å². The molecule has 0 aliphatic heterocycles. The first kappa shape index (κ1) is 11.9. The van der Waals surface area contributed by atoms with Crippen LogP contribution < -0.4 is 5.32 Å². The number of methoxy groups -OCH3 is 1. The largest absolute Gasteiger partial charge is 0.376 e. The average molecular weight is 174 g/mol. The van der Waals surface area contributed by atoms with Gasteiger partial charge in [0, 0.05) is 20.2 Å². The number of rotatable bonds is 6. The van der Waals surface area contributed by atoms with Gasteiger partial charge in [0.15, 0.2) is 0 Å². The third kappa shape index (κ3) is 4.04. The number of nitrogens with one attached hydrogen (secondary N) is 1. The van der Waals surface area contributed by atoms with Gasteiger partial charge in [-0.25, -0.2) is 0 Å². The Morgan fingerprint density at radius 2 is 2.08 bits per heavy atom. The molecule has 0 saturated heterocycles. The number of hydrogen-bond donors (Lipinski definition) is 1. The van der Waals surface area contributed by atoms with Crippen LogP contribution in [0.25, 0.3) is 0 Å². The summed E-state index contributed by atoms with van der Waals surface area (Å²) in [7, 11) is 5.82. The third-order valence-corrected chi connectivity index (χ3v) is 2.19. The predicted octanol–water partition coefficient (Wildman–Crippen LogP) is 0.563. The Kier molecular flexibility index (Phi) is 5.46. The molecule has 0 amide bonds. The van der Waals surface area contributed by atoms with Gasteiger partial charge in [-0.15, -0.1) is 0 Å². The molecule has 0 fully saturated rings. The maximum absolute atomic E-state index is 5.45. The molecule has 74 valence electrons. The molecule has 0 rings (SSSR count). The maximum Gasteiger partial charge on any atom is 0.0900 e. The Morgan fingerprint density at radius 1 is 1.50 bits per heavy atom. The molecule has 0 aromatic heterocycles. The summed E-state index contributed by atoms with van der Waals surface area (Å²) >= 11 is 0. The lowest BCUT2D eigenvalue weighted by Crippen LogP contribution is -2.47. The molecule has 0 radical (unpaired) electrons. The van der Waals surface area contributed by atoms with Crippen molar-refractivity contribution >= 4 is 0 Å². The van der Waals surface area contributed by atoms with Crippen molar-refractivity contribution in [1.82, 2.24) is 10.2 Å². The molecule has 12 heavy (non-hydrogen) atoms. The highest BCUT2D eigenvalue weighted by Gasteiger charge is 2.23. The Bertz CT molecular complexity index is 119. The van der Waals surface area contributed by atoms with Crippen molar-refractivity contribution in [3.63, 3.8) is 0 Å². The molecule has 0 saturated carbocycles. The van der Waals surface area contributed by atoms with E-state index < -0.39 is 0 Å². The summed E-state index contributed by atoms with van der Waals surface area (Å²) < 4.78 is 5.45. The van der Waals surface area contributed by atoms with E-state index in [1.807, 2.05) is 7.05 Å². The molecule has 3 nitrogen and oxygen atoms in total. The van der Waals surface area contributed by atoms with Gasteiger partial charge in [0.05, 0.1) is 5.60 Å². The summed E-state index contributed by atoms with van der Waals surface area (Å²) in [4.78, 5) is 2.25. The van der Waals surface area contributed by atoms with Gasteiger partial charge in [0.1, 0.15) is 0 Å². The zero-order valence-corrected chi connectivity index (χ0v) is 8.98. The van der Waals surface area contributed by atoms with Gasteiger partial charge in [-0.05, 0) is 27.6 Å². The van der Waals surface area contributed by atoms with E-state index in [2.05, 4.69) is 31.1 Å². The van der Waals surface area contributed by atoms with Crippen LogP contribution in [0.3, 0.4) is 0 Å². The monoisotopic (exact) mass is 174 g/mol. The van der Waals surface area contributed by atoms with E-state index >= 15 is 0 Å². The van der Waals surface area contributed by atoms with Crippen molar-refractivity contribution in [2.75, 3.05) is 40.8 Å². The molecule has 0 aliphatic rings. The second-order valence-corrected chi connectivity index (χ2v) is 3.51. The smallest absolute Gasteiger partial charge is 0.0900 e. The van der Waals surface area contributed by atoms with Gasteiger partial charge in [-0.3, -0.25) is 0 Å². The fourth-order valence-electron chi connectivity index (χ4n) is 1.25. The highest BCUT2D eigenvalue weighted by Crippen LogP contribution is 2.08. The minimum atomic E-state index is -0.0699.